The molecule has 3 heterocycles. The molecular formula is C13H15FN3O12P3S. The minimum absolute atomic E-state index is 0.177. The van der Waals surface area contributed by atoms with Gasteiger partial charge in [-0.25, -0.2) is 34.6 Å². The second-order valence-corrected chi connectivity index (χ2v) is 11.9. The molecule has 1 saturated heterocycles. The molecule has 0 bridgehead atoms. The van der Waals surface area contributed by atoms with Crippen molar-refractivity contribution in [2.24, 2.45) is 0 Å². The van der Waals surface area contributed by atoms with Gasteiger partial charge < -0.3 is 24.7 Å². The summed E-state index contributed by atoms with van der Waals surface area (Å²) in [4.78, 5) is 46.9. The first-order valence-electron chi connectivity index (χ1n) is 8.45. The van der Waals surface area contributed by atoms with Crippen LogP contribution in [0.1, 0.15) is 17.4 Å². The predicted octanol–water partition coefficient (Wildman–Crippen LogP) is 1.73. The fourth-order valence-corrected chi connectivity index (χ4v) is 6.95. The lowest BCUT2D eigenvalue weighted by molar-refractivity contribution is -0.0787. The van der Waals surface area contributed by atoms with Crippen LogP contribution in [-0.2, 0) is 31.6 Å². The summed E-state index contributed by atoms with van der Waals surface area (Å²) < 4.78 is 66.5. The normalized spacial score (nSPS) is 29.5. The van der Waals surface area contributed by atoms with Gasteiger partial charge in [-0.05, 0) is 12.3 Å². The summed E-state index contributed by atoms with van der Waals surface area (Å²) in [6.07, 6.45) is -4.73. The first kappa shape index (κ1) is 26.4. The van der Waals surface area contributed by atoms with Crippen molar-refractivity contribution in [2.45, 2.75) is 31.0 Å². The van der Waals surface area contributed by atoms with Gasteiger partial charge >= 0.3 is 29.2 Å². The van der Waals surface area contributed by atoms with E-state index in [-0.39, 0.29) is 5.56 Å². The summed E-state index contributed by atoms with van der Waals surface area (Å²) in [6, 6.07) is 0. The van der Waals surface area contributed by atoms with E-state index in [0.29, 0.717) is 15.9 Å². The first-order chi connectivity index (χ1) is 15.1. The minimum Gasteiger partial charge on any atom is -0.380 e. The van der Waals surface area contributed by atoms with Crippen LogP contribution in [0.25, 0.3) is 15.1 Å². The molecule has 1 fully saturated rings. The number of thiophene rings is 1. The second kappa shape index (κ2) is 9.10. The van der Waals surface area contributed by atoms with Gasteiger partial charge in [-0.1, -0.05) is 0 Å². The van der Waals surface area contributed by atoms with E-state index >= 15 is 0 Å². The quantitative estimate of drug-likeness (QED) is 0.234. The zero-order valence-corrected chi connectivity index (χ0v) is 19.7. The van der Waals surface area contributed by atoms with Crippen molar-refractivity contribution < 1.29 is 60.6 Å². The monoisotopic (exact) mass is 549 g/mol. The molecule has 33 heavy (non-hydrogen) atoms. The maximum atomic E-state index is 15.0. The Kier molecular flexibility index (Phi) is 7.28. The average Bonchev–Trinajstić information content (AvgIpc) is 3.19. The molecule has 0 radical (unpaired) electrons. The number of phosphoric acid groups is 3. The molecule has 6 atom stereocenters. The number of ether oxygens (including phenoxy) is 1. The highest BCUT2D eigenvalue weighted by Gasteiger charge is 2.63. The van der Waals surface area contributed by atoms with Crippen molar-refractivity contribution in [2.75, 3.05) is 6.61 Å². The molecule has 2 aromatic heterocycles. The van der Waals surface area contributed by atoms with Crippen molar-refractivity contribution >= 4 is 45.0 Å². The van der Waals surface area contributed by atoms with Crippen molar-refractivity contribution in [3.8, 4) is 0 Å². The highest BCUT2D eigenvalue weighted by atomic mass is 32.1. The Morgan fingerprint density at radius 1 is 1.24 bits per heavy atom. The predicted molar refractivity (Wildman–Crippen MR) is 106 cm³/mol. The summed E-state index contributed by atoms with van der Waals surface area (Å²) in [5.41, 5.74) is -1.52. The van der Waals surface area contributed by atoms with Gasteiger partial charge in [0.15, 0.2) is 18.9 Å². The van der Waals surface area contributed by atoms with Crippen LogP contribution >= 0.6 is 34.8 Å². The summed E-state index contributed by atoms with van der Waals surface area (Å²) in [6.45, 7) is 7.66. The molecule has 2 aromatic rings. The summed E-state index contributed by atoms with van der Waals surface area (Å²) in [7, 11) is -17.1. The van der Waals surface area contributed by atoms with Crippen LogP contribution in [0.4, 0.5) is 4.39 Å². The number of aryl methyl sites for hydroxylation is 1. The number of phosphoric ester groups is 1. The number of aliphatic hydroxyl groups is 1. The Morgan fingerprint density at radius 2 is 1.91 bits per heavy atom. The van der Waals surface area contributed by atoms with Crippen LogP contribution in [-0.4, -0.2) is 59.3 Å². The van der Waals surface area contributed by atoms with E-state index in [1.54, 1.807) is 6.92 Å². The van der Waals surface area contributed by atoms with E-state index in [9.17, 15) is 33.0 Å². The maximum absolute atomic E-state index is 15.0. The number of hydrogen-bond donors (Lipinski definition) is 5. The van der Waals surface area contributed by atoms with Gasteiger partial charge in [0.05, 0.1) is 15.9 Å². The number of aromatic nitrogens is 2. The summed E-state index contributed by atoms with van der Waals surface area (Å²) in [5.74, 6) is 0. The molecule has 0 spiro atoms. The van der Waals surface area contributed by atoms with Gasteiger partial charge in [0.25, 0.3) is 0 Å². The smallest absolute Gasteiger partial charge is 0.380 e. The molecular weight excluding hydrogens is 534 g/mol. The average molecular weight is 549 g/mol. The lowest BCUT2D eigenvalue weighted by Gasteiger charge is -2.21. The number of nitrogens with zero attached hydrogens (tertiary/aromatic N) is 3. The van der Waals surface area contributed by atoms with Gasteiger partial charge in [0, 0.05) is 5.56 Å². The fourth-order valence-electron chi connectivity index (χ4n) is 2.91. The number of halogens is 1. The van der Waals surface area contributed by atoms with E-state index in [0.717, 1.165) is 11.3 Å². The number of rotatable bonds is 8. The van der Waals surface area contributed by atoms with Crippen molar-refractivity contribution in [3.63, 3.8) is 0 Å². The number of fused-ring (bicyclic) bond motifs is 1. The van der Waals surface area contributed by atoms with Gasteiger partial charge in [0.1, 0.15) is 12.4 Å². The van der Waals surface area contributed by atoms with Crippen LogP contribution in [0.3, 0.4) is 0 Å². The van der Waals surface area contributed by atoms with E-state index in [1.165, 1.54) is 11.7 Å². The van der Waals surface area contributed by atoms with Crippen LogP contribution in [0.2, 0.25) is 0 Å². The third-order valence-corrected chi connectivity index (χ3v) is 9.17. The highest BCUT2D eigenvalue weighted by molar-refractivity contribution is 7.66. The molecule has 15 nitrogen and oxygen atoms in total. The van der Waals surface area contributed by atoms with Crippen molar-refractivity contribution in [1.29, 1.82) is 0 Å². The Bertz CT molecular complexity index is 1250. The van der Waals surface area contributed by atoms with Crippen molar-refractivity contribution in [3.05, 3.63) is 34.4 Å². The molecule has 1 aliphatic rings. The van der Waals surface area contributed by atoms with E-state index < -0.39 is 54.2 Å². The Hall–Kier alpha value is -1.21. The standard InChI is InChI=1S/C13H15FN3O12P3S/c1-6-11-9(17-5-16-6)7(3-33-11)10-8(14)12(18)13(15-2,27-10)4-26-31(22,23)29-32(24,25)28-30(19,20)21/h3,5,8,10,12,18H,4H2,1H3,(H,22,23)(H,24,25)(H2,19,20,21)/t8-,10-,12-,13+/m0/s1. The molecule has 0 aromatic carbocycles. The third kappa shape index (κ3) is 5.72. The lowest BCUT2D eigenvalue weighted by Crippen LogP contribution is -2.43. The van der Waals surface area contributed by atoms with E-state index in [4.69, 9.17) is 21.1 Å². The van der Waals surface area contributed by atoms with Gasteiger partial charge in [-0.3, -0.25) is 14.1 Å². The van der Waals surface area contributed by atoms with Gasteiger partial charge in [0.2, 0.25) is 0 Å². The van der Waals surface area contributed by atoms with E-state index in [2.05, 4.69) is 28.0 Å². The topological polar surface area (TPSA) is 219 Å². The first-order valence-corrected chi connectivity index (χ1v) is 13.9. The summed E-state index contributed by atoms with van der Waals surface area (Å²) in [5, 5.41) is 11.8. The molecule has 0 aliphatic carbocycles. The summed E-state index contributed by atoms with van der Waals surface area (Å²) >= 11 is 1.16. The highest BCUT2D eigenvalue weighted by Crippen LogP contribution is 2.66. The molecule has 1 aliphatic heterocycles. The number of hydrogen-bond acceptors (Lipinski definition) is 11. The Morgan fingerprint density at radius 3 is 2.52 bits per heavy atom. The van der Waals surface area contributed by atoms with E-state index in [1.807, 2.05) is 0 Å². The van der Waals surface area contributed by atoms with Crippen LogP contribution in [0, 0.1) is 13.5 Å². The Labute approximate surface area is 188 Å². The SMILES string of the molecule is [C-]#[N+][C@]1(COP(=O)(O)OP(=O)(O)OP(=O)(O)O)O[C@@H](c2csc3c(C)ncnc23)[C@H](F)[C@@H]1O. The minimum atomic E-state index is -5.81. The molecule has 20 heteroatoms. The van der Waals surface area contributed by atoms with Crippen LogP contribution in [0.5, 0.6) is 0 Å². The molecule has 5 N–H and O–H groups in total. The zero-order valence-electron chi connectivity index (χ0n) is 16.2. The molecule has 182 valence electrons. The number of alkyl halides is 1. The second-order valence-electron chi connectivity index (χ2n) is 6.58. The lowest BCUT2D eigenvalue weighted by atomic mass is 10.0. The Balaban J connectivity index is 1.81. The largest absolute Gasteiger partial charge is 0.490 e. The molecule has 2 unspecified atom stereocenters. The van der Waals surface area contributed by atoms with Crippen LogP contribution in [0.15, 0.2) is 11.7 Å². The molecule has 0 saturated carbocycles. The van der Waals surface area contributed by atoms with Crippen LogP contribution < -0.4 is 0 Å². The van der Waals surface area contributed by atoms with Gasteiger partial charge in [-0.2, -0.15) is 8.62 Å². The molecule has 3 rings (SSSR count). The van der Waals surface area contributed by atoms with Crippen molar-refractivity contribution in [1.82, 2.24) is 9.97 Å². The maximum Gasteiger partial charge on any atom is 0.490 e. The van der Waals surface area contributed by atoms with Gasteiger partial charge in [-0.15, -0.1) is 11.3 Å². The third-order valence-electron chi connectivity index (χ3n) is 4.29. The fraction of sp³-hybridized carbons (Fsp3) is 0.462. The number of aliphatic hydroxyl groups excluding tert-OH is 1. The zero-order chi connectivity index (χ0) is 24.8. The molecule has 0 amide bonds.